The van der Waals surface area contributed by atoms with Crippen LogP contribution in [0.5, 0.6) is 0 Å². The van der Waals surface area contributed by atoms with E-state index in [2.05, 4.69) is 13.0 Å². The van der Waals surface area contributed by atoms with E-state index in [-0.39, 0.29) is 19.3 Å². The van der Waals surface area contributed by atoms with Crippen LogP contribution in [0.25, 0.3) is 0 Å². The zero-order valence-corrected chi connectivity index (χ0v) is 24.6. The molecule has 0 fully saturated rings. The van der Waals surface area contributed by atoms with E-state index in [4.69, 9.17) is 19.2 Å². The molecule has 7 heteroatoms. The Hall–Kier alpha value is -2.03. The summed E-state index contributed by atoms with van der Waals surface area (Å²) in [7, 11) is 1.59. The standard InChI is InChI=1S/C32H52O7/c1-5-6-14-22-29(38-39-31(2,3)36-4)23-17-11-9-7-8-10-12-18-24-32(30(34)35,25-19-26-33)37-27-28-20-15-13-16-21-28/h9,11,13,15-17,20-21,23,29,33H,5-8,10,12,14,18-19,22,24-27H2,1-4H3,(H,34,35)/t29-,32-/m0/s1. The molecule has 0 aliphatic heterocycles. The van der Waals surface area contributed by atoms with E-state index >= 15 is 0 Å². The number of ether oxygens (including phenoxy) is 2. The lowest BCUT2D eigenvalue weighted by Gasteiger charge is -2.30. The van der Waals surface area contributed by atoms with Crippen LogP contribution in [-0.4, -0.2) is 47.4 Å². The molecular weight excluding hydrogens is 496 g/mol. The molecule has 0 saturated carbocycles. The van der Waals surface area contributed by atoms with Gasteiger partial charge in [-0.05, 0) is 64.4 Å². The fourth-order valence-corrected chi connectivity index (χ4v) is 4.08. The number of aliphatic hydroxyl groups is 1. The first-order chi connectivity index (χ1) is 18.8. The van der Waals surface area contributed by atoms with Gasteiger partial charge in [0, 0.05) is 13.7 Å². The largest absolute Gasteiger partial charge is 0.479 e. The summed E-state index contributed by atoms with van der Waals surface area (Å²) in [5, 5.41) is 19.3. The van der Waals surface area contributed by atoms with Crippen molar-refractivity contribution in [3.63, 3.8) is 0 Å². The summed E-state index contributed by atoms with van der Waals surface area (Å²) in [5.74, 6) is -1.74. The number of methoxy groups -OCH3 is 1. The summed E-state index contributed by atoms with van der Waals surface area (Å²) in [5.41, 5.74) is -0.320. The van der Waals surface area contributed by atoms with Crippen LogP contribution in [0.4, 0.5) is 0 Å². The zero-order valence-electron chi connectivity index (χ0n) is 24.6. The van der Waals surface area contributed by atoms with Gasteiger partial charge in [-0.2, -0.15) is 0 Å². The van der Waals surface area contributed by atoms with Gasteiger partial charge < -0.3 is 19.7 Å². The molecule has 0 unspecified atom stereocenters. The average molecular weight is 549 g/mol. The second kappa shape index (κ2) is 20.8. The van der Waals surface area contributed by atoms with E-state index in [0.29, 0.717) is 19.3 Å². The molecule has 0 aromatic heterocycles. The summed E-state index contributed by atoms with van der Waals surface area (Å²) in [6.07, 6.45) is 18.2. The normalized spacial score (nSPS) is 14.7. The Labute approximate surface area is 236 Å². The molecule has 0 aliphatic carbocycles. The molecule has 7 nitrogen and oxygen atoms in total. The molecule has 2 atom stereocenters. The number of unbranched alkanes of at least 4 members (excludes halogenated alkanes) is 6. The van der Waals surface area contributed by atoms with Crippen LogP contribution in [0.1, 0.15) is 103 Å². The molecule has 0 aliphatic rings. The highest BCUT2D eigenvalue weighted by molar-refractivity contribution is 5.77. The maximum absolute atomic E-state index is 12.2. The number of hydrogen-bond acceptors (Lipinski definition) is 6. The summed E-state index contributed by atoms with van der Waals surface area (Å²) in [4.78, 5) is 23.3. The van der Waals surface area contributed by atoms with E-state index in [9.17, 15) is 15.0 Å². The molecule has 0 amide bonds. The van der Waals surface area contributed by atoms with Crippen molar-refractivity contribution in [3.05, 3.63) is 60.2 Å². The Morgan fingerprint density at radius 1 is 0.974 bits per heavy atom. The minimum Gasteiger partial charge on any atom is -0.479 e. The van der Waals surface area contributed by atoms with Gasteiger partial charge in [0.1, 0.15) is 6.10 Å². The monoisotopic (exact) mass is 548 g/mol. The number of carbonyl (C=O) groups is 1. The molecule has 0 saturated heterocycles. The van der Waals surface area contributed by atoms with E-state index in [1.807, 2.05) is 62.4 Å². The smallest absolute Gasteiger partial charge is 0.335 e. The minimum atomic E-state index is -1.26. The molecule has 1 rings (SSSR count). The van der Waals surface area contributed by atoms with Crippen LogP contribution < -0.4 is 0 Å². The topological polar surface area (TPSA) is 94.5 Å². The van der Waals surface area contributed by atoms with Crippen LogP contribution in [-0.2, 0) is 30.7 Å². The van der Waals surface area contributed by atoms with Crippen LogP contribution in [0.3, 0.4) is 0 Å². The number of aliphatic hydroxyl groups excluding tert-OH is 1. The van der Waals surface area contributed by atoms with Crippen molar-refractivity contribution < 1.29 is 34.3 Å². The van der Waals surface area contributed by atoms with Crippen LogP contribution in [0.2, 0.25) is 0 Å². The molecule has 222 valence electrons. The Kier molecular flexibility index (Phi) is 18.7. The zero-order chi connectivity index (χ0) is 28.8. The Bertz CT molecular complexity index is 806. The average Bonchev–Trinajstić information content (AvgIpc) is 2.94. The number of allylic oxidation sites excluding steroid dienone is 3. The number of benzene rings is 1. The van der Waals surface area contributed by atoms with Crippen LogP contribution in [0.15, 0.2) is 54.6 Å². The quantitative estimate of drug-likeness (QED) is 0.0453. The number of aliphatic carboxylic acids is 1. The summed E-state index contributed by atoms with van der Waals surface area (Å²) in [6.45, 7) is 6.01. The van der Waals surface area contributed by atoms with Gasteiger partial charge in [-0.1, -0.05) is 93.7 Å². The molecular formula is C32H52O7. The number of carboxylic acids is 1. The number of hydrogen-bond donors (Lipinski definition) is 2. The highest BCUT2D eigenvalue weighted by Gasteiger charge is 2.38. The summed E-state index contributed by atoms with van der Waals surface area (Å²) in [6, 6.07) is 9.60. The fourth-order valence-electron chi connectivity index (χ4n) is 4.08. The second-order valence-corrected chi connectivity index (χ2v) is 10.5. The van der Waals surface area contributed by atoms with E-state index in [1.165, 1.54) is 0 Å². The third-order valence-corrected chi connectivity index (χ3v) is 6.72. The van der Waals surface area contributed by atoms with Crippen molar-refractivity contribution in [2.75, 3.05) is 13.7 Å². The highest BCUT2D eigenvalue weighted by Crippen LogP contribution is 2.28. The third-order valence-electron chi connectivity index (χ3n) is 6.72. The Balaban J connectivity index is 2.44. The van der Waals surface area contributed by atoms with Crippen LogP contribution in [0, 0.1) is 0 Å². The Morgan fingerprint density at radius 3 is 2.36 bits per heavy atom. The molecule has 2 N–H and O–H groups in total. The van der Waals surface area contributed by atoms with Crippen molar-refractivity contribution in [2.45, 2.75) is 122 Å². The van der Waals surface area contributed by atoms with Gasteiger partial charge in [0.15, 0.2) is 11.4 Å². The van der Waals surface area contributed by atoms with E-state index in [1.54, 1.807) is 7.11 Å². The molecule has 0 heterocycles. The van der Waals surface area contributed by atoms with Gasteiger partial charge in [-0.3, -0.25) is 0 Å². The lowest BCUT2D eigenvalue weighted by atomic mass is 9.90. The molecule has 0 bridgehead atoms. The summed E-state index contributed by atoms with van der Waals surface area (Å²) >= 11 is 0. The molecule has 0 spiro atoms. The van der Waals surface area contributed by atoms with Gasteiger partial charge in [0.25, 0.3) is 0 Å². The van der Waals surface area contributed by atoms with Crippen molar-refractivity contribution in [1.82, 2.24) is 0 Å². The maximum atomic E-state index is 12.2. The second-order valence-electron chi connectivity index (χ2n) is 10.5. The fraction of sp³-hybridized carbons (Fsp3) is 0.656. The highest BCUT2D eigenvalue weighted by atomic mass is 17.2. The number of rotatable bonds is 24. The number of carboxylic acid groups (broad SMARTS) is 1. The van der Waals surface area contributed by atoms with Crippen molar-refractivity contribution >= 4 is 5.97 Å². The van der Waals surface area contributed by atoms with Gasteiger partial charge in [-0.15, -0.1) is 0 Å². The van der Waals surface area contributed by atoms with Crippen molar-refractivity contribution in [3.8, 4) is 0 Å². The molecule has 1 aromatic carbocycles. The molecule has 39 heavy (non-hydrogen) atoms. The van der Waals surface area contributed by atoms with Crippen molar-refractivity contribution in [1.29, 1.82) is 0 Å². The van der Waals surface area contributed by atoms with Gasteiger partial charge in [0.05, 0.1) is 6.61 Å². The lowest BCUT2D eigenvalue weighted by Crippen LogP contribution is -2.41. The first kappa shape index (κ1) is 35.0. The van der Waals surface area contributed by atoms with E-state index in [0.717, 1.165) is 63.4 Å². The molecule has 0 radical (unpaired) electrons. The van der Waals surface area contributed by atoms with Gasteiger partial charge >= 0.3 is 5.97 Å². The predicted octanol–water partition coefficient (Wildman–Crippen LogP) is 7.53. The maximum Gasteiger partial charge on any atom is 0.335 e. The predicted molar refractivity (Wildman–Crippen MR) is 155 cm³/mol. The third kappa shape index (κ3) is 16.0. The Morgan fingerprint density at radius 2 is 1.69 bits per heavy atom. The van der Waals surface area contributed by atoms with E-state index < -0.39 is 17.4 Å². The summed E-state index contributed by atoms with van der Waals surface area (Å²) < 4.78 is 11.2. The lowest BCUT2D eigenvalue weighted by molar-refractivity contribution is -0.425. The minimum absolute atomic E-state index is 0.0473. The first-order valence-electron chi connectivity index (χ1n) is 14.5. The SMILES string of the molecule is CCCCC[C@@H](C=CC=CCCCCCC[C@@](CCCO)(OCc1ccccc1)C(=O)O)OOC(C)(C)OC. The van der Waals surface area contributed by atoms with Crippen LogP contribution >= 0.6 is 0 Å². The van der Waals surface area contributed by atoms with Crippen molar-refractivity contribution in [2.24, 2.45) is 0 Å². The molecule has 1 aromatic rings. The van der Waals surface area contributed by atoms with Gasteiger partial charge in [-0.25, -0.2) is 14.6 Å². The first-order valence-corrected chi connectivity index (χ1v) is 14.5. The van der Waals surface area contributed by atoms with Gasteiger partial charge in [0.2, 0.25) is 0 Å².